The maximum absolute atomic E-state index is 11.4. The van der Waals surface area contributed by atoms with E-state index in [1.54, 1.807) is 14.0 Å². The predicted molar refractivity (Wildman–Crippen MR) is 79.2 cm³/mol. The van der Waals surface area contributed by atoms with Crippen molar-refractivity contribution in [2.24, 2.45) is 0 Å². The van der Waals surface area contributed by atoms with Crippen molar-refractivity contribution in [2.45, 2.75) is 32.9 Å². The normalized spacial score (nSPS) is 12.0. The number of anilines is 1. The number of carbonyl (C=O) groups excluding carboxylic acids is 1. The molecule has 0 saturated heterocycles. The molecule has 0 fully saturated rings. The van der Waals surface area contributed by atoms with Crippen LogP contribution in [0.4, 0.5) is 5.69 Å². The first-order valence-electron chi connectivity index (χ1n) is 6.27. The lowest BCUT2D eigenvalue weighted by Gasteiger charge is -2.18. The van der Waals surface area contributed by atoms with Crippen LogP contribution < -0.4 is 5.32 Å². The van der Waals surface area contributed by atoms with Gasteiger partial charge >= 0.3 is 5.97 Å². The lowest BCUT2D eigenvalue weighted by molar-refractivity contribution is -0.143. The molecular formula is C14H20BrNO3. The highest BCUT2D eigenvalue weighted by Gasteiger charge is 2.12. The minimum atomic E-state index is -0.189. The van der Waals surface area contributed by atoms with Crippen molar-refractivity contribution in [3.63, 3.8) is 0 Å². The fraction of sp³-hybridized carbons (Fsp3) is 0.500. The monoisotopic (exact) mass is 329 g/mol. The zero-order chi connectivity index (χ0) is 14.3. The van der Waals surface area contributed by atoms with E-state index in [1.807, 2.05) is 25.1 Å². The number of methoxy groups -OCH3 is 1. The first kappa shape index (κ1) is 16.0. The molecule has 1 N–H and O–H groups in total. The second-order valence-corrected chi connectivity index (χ2v) is 5.11. The fourth-order valence-corrected chi connectivity index (χ4v) is 2.25. The molecule has 1 aromatic carbocycles. The summed E-state index contributed by atoms with van der Waals surface area (Å²) in [6, 6.07) is 5.89. The van der Waals surface area contributed by atoms with Gasteiger partial charge in [-0.2, -0.15) is 0 Å². The van der Waals surface area contributed by atoms with Gasteiger partial charge in [0.15, 0.2) is 0 Å². The van der Waals surface area contributed by atoms with E-state index in [4.69, 9.17) is 9.47 Å². The summed E-state index contributed by atoms with van der Waals surface area (Å²) in [6.45, 7) is 4.68. The van der Waals surface area contributed by atoms with Gasteiger partial charge in [-0.05, 0) is 26.0 Å². The summed E-state index contributed by atoms with van der Waals surface area (Å²) < 4.78 is 11.1. The topological polar surface area (TPSA) is 47.6 Å². The predicted octanol–water partition coefficient (Wildman–Crippen LogP) is 3.35. The van der Waals surface area contributed by atoms with E-state index in [-0.39, 0.29) is 12.0 Å². The molecule has 1 atom stereocenters. The molecule has 1 unspecified atom stereocenters. The zero-order valence-electron chi connectivity index (χ0n) is 11.5. The van der Waals surface area contributed by atoms with Crippen LogP contribution in [0.15, 0.2) is 22.7 Å². The molecule has 1 aromatic rings. The summed E-state index contributed by atoms with van der Waals surface area (Å²) in [5, 5.41) is 3.31. The van der Waals surface area contributed by atoms with Crippen molar-refractivity contribution < 1.29 is 14.3 Å². The number of hydrogen-bond donors (Lipinski definition) is 1. The van der Waals surface area contributed by atoms with Crippen molar-refractivity contribution in [1.29, 1.82) is 0 Å². The molecule has 0 aliphatic rings. The summed E-state index contributed by atoms with van der Waals surface area (Å²) >= 11 is 3.50. The number of carbonyl (C=O) groups is 1. The van der Waals surface area contributed by atoms with E-state index < -0.39 is 0 Å². The lowest BCUT2D eigenvalue weighted by Crippen LogP contribution is -2.21. The molecule has 106 valence electrons. The molecule has 0 bridgehead atoms. The molecule has 0 heterocycles. The SMILES string of the molecule is CCOC(=O)CC(C)Nc1cccc(Br)c1COC. The van der Waals surface area contributed by atoms with Crippen molar-refractivity contribution in [3.05, 3.63) is 28.2 Å². The Morgan fingerprint density at radius 1 is 1.47 bits per heavy atom. The molecule has 0 aliphatic heterocycles. The number of esters is 1. The molecule has 5 heteroatoms. The van der Waals surface area contributed by atoms with Crippen molar-refractivity contribution in [2.75, 3.05) is 19.0 Å². The average molecular weight is 330 g/mol. The Morgan fingerprint density at radius 2 is 2.21 bits per heavy atom. The molecule has 0 amide bonds. The van der Waals surface area contributed by atoms with E-state index in [2.05, 4.69) is 21.2 Å². The van der Waals surface area contributed by atoms with Crippen molar-refractivity contribution >= 4 is 27.6 Å². The molecule has 4 nitrogen and oxygen atoms in total. The Hall–Kier alpha value is -1.07. The van der Waals surface area contributed by atoms with Gasteiger partial charge in [0.2, 0.25) is 0 Å². The van der Waals surface area contributed by atoms with E-state index in [1.165, 1.54) is 0 Å². The second kappa shape index (κ2) is 8.17. The number of nitrogens with one attached hydrogen (secondary N) is 1. The van der Waals surface area contributed by atoms with Crippen LogP contribution in [-0.4, -0.2) is 25.7 Å². The van der Waals surface area contributed by atoms with Crippen LogP contribution >= 0.6 is 15.9 Å². The molecular weight excluding hydrogens is 310 g/mol. The third-order valence-corrected chi connectivity index (χ3v) is 3.33. The maximum Gasteiger partial charge on any atom is 0.307 e. The molecule has 0 aliphatic carbocycles. The standard InChI is InChI=1S/C14H20BrNO3/c1-4-19-14(17)8-10(2)16-13-7-5-6-12(15)11(13)9-18-3/h5-7,10,16H,4,8-9H2,1-3H3. The van der Waals surface area contributed by atoms with E-state index in [0.717, 1.165) is 15.7 Å². The Bertz CT molecular complexity index is 423. The summed E-state index contributed by atoms with van der Waals surface area (Å²) in [5.74, 6) is -0.189. The number of hydrogen-bond acceptors (Lipinski definition) is 4. The Morgan fingerprint density at radius 3 is 2.84 bits per heavy atom. The molecule has 1 rings (SSSR count). The zero-order valence-corrected chi connectivity index (χ0v) is 13.1. The second-order valence-electron chi connectivity index (χ2n) is 4.25. The van der Waals surface area contributed by atoms with Gasteiger partial charge in [0.1, 0.15) is 0 Å². The van der Waals surface area contributed by atoms with E-state index in [9.17, 15) is 4.79 Å². The van der Waals surface area contributed by atoms with Crippen LogP contribution in [0.3, 0.4) is 0 Å². The number of halogens is 1. The summed E-state index contributed by atoms with van der Waals surface area (Å²) in [7, 11) is 1.66. The van der Waals surface area contributed by atoms with Crippen LogP contribution in [0, 0.1) is 0 Å². The molecule has 0 saturated carbocycles. The van der Waals surface area contributed by atoms with E-state index in [0.29, 0.717) is 19.6 Å². The van der Waals surface area contributed by atoms with Gasteiger partial charge in [-0.1, -0.05) is 22.0 Å². The quantitative estimate of drug-likeness (QED) is 0.779. The van der Waals surface area contributed by atoms with Crippen molar-refractivity contribution in [1.82, 2.24) is 0 Å². The van der Waals surface area contributed by atoms with Crippen LogP contribution in [0.5, 0.6) is 0 Å². The first-order valence-corrected chi connectivity index (χ1v) is 7.06. The van der Waals surface area contributed by atoms with Crippen LogP contribution in [0.1, 0.15) is 25.8 Å². The fourth-order valence-electron chi connectivity index (χ4n) is 1.77. The van der Waals surface area contributed by atoms with Crippen LogP contribution in [0.2, 0.25) is 0 Å². The first-order chi connectivity index (χ1) is 9.08. The number of benzene rings is 1. The van der Waals surface area contributed by atoms with Gasteiger partial charge < -0.3 is 14.8 Å². The average Bonchev–Trinajstić information content (AvgIpc) is 2.33. The molecule has 0 radical (unpaired) electrons. The highest BCUT2D eigenvalue weighted by Crippen LogP contribution is 2.26. The van der Waals surface area contributed by atoms with Gasteiger partial charge in [0.25, 0.3) is 0 Å². The van der Waals surface area contributed by atoms with Crippen LogP contribution in [0.25, 0.3) is 0 Å². The molecule has 19 heavy (non-hydrogen) atoms. The number of ether oxygens (including phenoxy) is 2. The van der Waals surface area contributed by atoms with Crippen molar-refractivity contribution in [3.8, 4) is 0 Å². The van der Waals surface area contributed by atoms with Gasteiger partial charge in [-0.25, -0.2) is 0 Å². The largest absolute Gasteiger partial charge is 0.466 e. The highest BCUT2D eigenvalue weighted by atomic mass is 79.9. The Balaban J connectivity index is 2.70. The Kier molecular flexibility index (Phi) is 6.87. The van der Waals surface area contributed by atoms with Gasteiger partial charge in [-0.3, -0.25) is 4.79 Å². The van der Waals surface area contributed by atoms with Crippen LogP contribution in [-0.2, 0) is 20.9 Å². The third kappa shape index (κ3) is 5.20. The third-order valence-electron chi connectivity index (χ3n) is 2.59. The highest BCUT2D eigenvalue weighted by molar-refractivity contribution is 9.10. The lowest BCUT2D eigenvalue weighted by atomic mass is 10.1. The molecule has 0 spiro atoms. The number of rotatable bonds is 7. The Labute approximate surface area is 122 Å². The minimum Gasteiger partial charge on any atom is -0.466 e. The van der Waals surface area contributed by atoms with Gasteiger partial charge in [0.05, 0.1) is 19.6 Å². The summed E-state index contributed by atoms with van der Waals surface area (Å²) in [6.07, 6.45) is 0.340. The molecule has 0 aromatic heterocycles. The smallest absolute Gasteiger partial charge is 0.307 e. The van der Waals surface area contributed by atoms with Gasteiger partial charge in [0, 0.05) is 28.9 Å². The summed E-state index contributed by atoms with van der Waals surface area (Å²) in [4.78, 5) is 11.4. The summed E-state index contributed by atoms with van der Waals surface area (Å²) in [5.41, 5.74) is 2.01. The van der Waals surface area contributed by atoms with E-state index >= 15 is 0 Å². The minimum absolute atomic E-state index is 0.00366. The van der Waals surface area contributed by atoms with Gasteiger partial charge in [-0.15, -0.1) is 0 Å². The maximum atomic E-state index is 11.4.